The second kappa shape index (κ2) is 11.9. The molecule has 0 saturated carbocycles. The average molecular weight is 818 g/mol. The number of rotatable bonds is 5. The van der Waals surface area contributed by atoms with E-state index in [0.717, 1.165) is 56.1 Å². The van der Waals surface area contributed by atoms with Crippen molar-refractivity contribution in [2.75, 3.05) is 0 Å². The maximum atomic E-state index is 6.44. The van der Waals surface area contributed by atoms with Gasteiger partial charge in [-0.05, 0) is 58.0 Å². The van der Waals surface area contributed by atoms with E-state index in [2.05, 4.69) is 95.2 Å². The summed E-state index contributed by atoms with van der Waals surface area (Å²) in [6.07, 6.45) is 5.40. The molecule has 0 aliphatic carbocycles. The summed E-state index contributed by atoms with van der Waals surface area (Å²) in [5.41, 5.74) is 9.48. The van der Waals surface area contributed by atoms with Crippen LogP contribution in [0.4, 0.5) is 0 Å². The van der Waals surface area contributed by atoms with Crippen LogP contribution in [0.2, 0.25) is 0 Å². The molecule has 0 fully saturated rings. The minimum Gasteiger partial charge on any atom is -0.510 e. The van der Waals surface area contributed by atoms with Crippen LogP contribution in [0.1, 0.15) is 26.3 Å². The van der Waals surface area contributed by atoms with Gasteiger partial charge in [-0.15, -0.1) is 30.3 Å². The maximum absolute atomic E-state index is 6.44. The molecule has 9 aromatic rings. The van der Waals surface area contributed by atoms with E-state index in [1.807, 2.05) is 89.6 Å². The predicted octanol–water partition coefficient (Wildman–Crippen LogP) is 8.53. The second-order valence-corrected chi connectivity index (χ2v) is 12.9. The standard InChI is InChI=1S/C41H30N6O.Pt/c1-41(2,3)33-23-24-42-39-38(33)46(29-15-8-5-9-16-29)40-43-34-22-21-32(26-37(34)47(39)40)48-31-18-12-17-30(25-31)45-27-44(28-13-6-4-7-14-28)35-19-10-11-20-36(35)45;/h4-24H,1-3H3;/q-2;. The van der Waals surface area contributed by atoms with E-state index < -0.39 is 0 Å². The van der Waals surface area contributed by atoms with Crippen LogP contribution >= 0.6 is 0 Å². The summed E-state index contributed by atoms with van der Waals surface area (Å²) in [5, 5.41) is 0. The molecule has 0 atom stereocenters. The Morgan fingerprint density at radius 3 is 2.27 bits per heavy atom. The number of hydrogen-bond acceptors (Lipinski definition) is 3. The van der Waals surface area contributed by atoms with E-state index in [-0.39, 0.29) is 26.5 Å². The molecule has 4 heterocycles. The van der Waals surface area contributed by atoms with Gasteiger partial charge in [0, 0.05) is 44.4 Å². The van der Waals surface area contributed by atoms with Gasteiger partial charge >= 0.3 is 0 Å². The number of ether oxygens (including phenoxy) is 1. The number of hydrogen-bond donors (Lipinski definition) is 0. The number of pyridine rings is 1. The van der Waals surface area contributed by atoms with Crippen LogP contribution in [0.15, 0.2) is 128 Å². The van der Waals surface area contributed by atoms with Gasteiger partial charge in [0.2, 0.25) is 5.78 Å². The van der Waals surface area contributed by atoms with Crippen molar-refractivity contribution in [1.82, 2.24) is 23.5 Å². The molecule has 242 valence electrons. The van der Waals surface area contributed by atoms with Gasteiger partial charge in [0.1, 0.15) is 0 Å². The van der Waals surface area contributed by atoms with Gasteiger partial charge in [-0.25, -0.2) is 4.98 Å². The third kappa shape index (κ3) is 5.13. The van der Waals surface area contributed by atoms with Crippen LogP contribution in [-0.2, 0) is 26.5 Å². The van der Waals surface area contributed by atoms with E-state index in [1.54, 1.807) is 0 Å². The Bertz CT molecular complexity index is 2630. The zero-order chi connectivity index (χ0) is 32.4. The first-order chi connectivity index (χ1) is 23.4. The molecule has 0 bridgehead atoms. The van der Waals surface area contributed by atoms with Crippen molar-refractivity contribution in [2.45, 2.75) is 26.2 Å². The summed E-state index contributed by atoms with van der Waals surface area (Å²) in [4.78, 5) is 9.98. The summed E-state index contributed by atoms with van der Waals surface area (Å²) in [7, 11) is 0. The fraction of sp³-hybridized carbons (Fsp3) is 0.0976. The van der Waals surface area contributed by atoms with E-state index in [9.17, 15) is 0 Å². The first kappa shape index (κ1) is 30.8. The van der Waals surface area contributed by atoms with Gasteiger partial charge in [0.05, 0.1) is 22.2 Å². The molecule has 0 N–H and O–H groups in total. The summed E-state index contributed by atoms with van der Waals surface area (Å²) >= 11 is 0. The van der Waals surface area contributed by atoms with Gasteiger partial charge in [-0.2, -0.15) is 12.1 Å². The van der Waals surface area contributed by atoms with Crippen LogP contribution in [0.5, 0.6) is 11.5 Å². The Balaban J connectivity index is 0.00000348. The molecule has 0 radical (unpaired) electrons. The minimum atomic E-state index is -0.110. The van der Waals surface area contributed by atoms with E-state index in [1.165, 1.54) is 5.56 Å². The van der Waals surface area contributed by atoms with Crippen LogP contribution in [0.25, 0.3) is 56.1 Å². The molecule has 9 rings (SSSR count). The van der Waals surface area contributed by atoms with Crippen molar-refractivity contribution < 1.29 is 30.4 Å². The van der Waals surface area contributed by atoms with Crippen LogP contribution < -0.4 is 9.30 Å². The molecule has 0 aliphatic heterocycles. The van der Waals surface area contributed by atoms with Crippen LogP contribution in [0, 0.1) is 18.5 Å². The molecule has 0 saturated heterocycles. The van der Waals surface area contributed by atoms with Gasteiger partial charge < -0.3 is 9.30 Å². The summed E-state index contributed by atoms with van der Waals surface area (Å²) in [6, 6.07) is 47.7. The smallest absolute Gasteiger partial charge is 0.268 e. The third-order valence-electron chi connectivity index (χ3n) is 8.68. The Hall–Kier alpha value is -5.52. The topological polar surface area (TPSA) is 53.2 Å². The summed E-state index contributed by atoms with van der Waals surface area (Å²) in [5.74, 6) is 1.91. The fourth-order valence-corrected chi connectivity index (χ4v) is 6.49. The average Bonchev–Trinajstić information content (AvgIpc) is 3.78. The van der Waals surface area contributed by atoms with Gasteiger partial charge in [-0.1, -0.05) is 81.4 Å². The summed E-state index contributed by atoms with van der Waals surface area (Å²) < 4.78 is 14.8. The van der Waals surface area contributed by atoms with Gasteiger partial charge in [0.15, 0.2) is 5.65 Å². The van der Waals surface area contributed by atoms with Crippen molar-refractivity contribution in [3.63, 3.8) is 0 Å². The third-order valence-corrected chi connectivity index (χ3v) is 8.68. The molecule has 0 spiro atoms. The number of aromatic nitrogens is 6. The van der Waals surface area contributed by atoms with Crippen molar-refractivity contribution in [2.24, 2.45) is 0 Å². The van der Waals surface area contributed by atoms with E-state index >= 15 is 0 Å². The first-order valence-corrected chi connectivity index (χ1v) is 15.9. The predicted molar refractivity (Wildman–Crippen MR) is 187 cm³/mol. The molecular weight excluding hydrogens is 788 g/mol. The number of nitrogens with zero attached hydrogens (tertiary/aromatic N) is 6. The van der Waals surface area contributed by atoms with Crippen molar-refractivity contribution in [3.8, 4) is 28.6 Å². The van der Waals surface area contributed by atoms with E-state index in [0.29, 0.717) is 11.5 Å². The zero-order valence-corrected chi connectivity index (χ0v) is 29.3. The largest absolute Gasteiger partial charge is 0.510 e. The molecule has 49 heavy (non-hydrogen) atoms. The quantitative estimate of drug-likeness (QED) is 0.129. The Labute approximate surface area is 297 Å². The van der Waals surface area contributed by atoms with Crippen molar-refractivity contribution in [1.29, 1.82) is 0 Å². The van der Waals surface area contributed by atoms with Crippen molar-refractivity contribution in [3.05, 3.63) is 152 Å². The Kier molecular flexibility index (Phi) is 7.46. The SMILES string of the molecule is CC(C)(C)c1ccnc2c1n(-c1ccccc1)c1nc3ccc(Oc4[c-]c(-n5[c-][n+](-c6ccccc6)c6ccccc65)ccc4)[c-]c3n21.[Pt]. The van der Waals surface area contributed by atoms with Crippen molar-refractivity contribution >= 4 is 39.0 Å². The monoisotopic (exact) mass is 817 g/mol. The summed E-state index contributed by atoms with van der Waals surface area (Å²) in [6.45, 7) is 6.68. The number of benzene rings is 5. The molecule has 0 amide bonds. The fourth-order valence-electron chi connectivity index (χ4n) is 6.49. The van der Waals surface area contributed by atoms with E-state index in [4.69, 9.17) is 14.7 Å². The molecule has 0 aliphatic rings. The van der Waals surface area contributed by atoms with Gasteiger partial charge in [0.25, 0.3) is 6.33 Å². The van der Waals surface area contributed by atoms with Crippen LogP contribution in [0.3, 0.4) is 0 Å². The van der Waals surface area contributed by atoms with Gasteiger partial charge in [-0.3, -0.25) is 18.5 Å². The Morgan fingerprint density at radius 2 is 1.47 bits per heavy atom. The second-order valence-electron chi connectivity index (χ2n) is 12.9. The molecular formula is C41H30N6OPt-2. The zero-order valence-electron chi connectivity index (χ0n) is 27.0. The number of fused-ring (bicyclic) bond motifs is 6. The molecule has 4 aromatic heterocycles. The maximum Gasteiger partial charge on any atom is 0.268 e. The molecule has 8 heteroatoms. The molecule has 5 aromatic carbocycles. The van der Waals surface area contributed by atoms with Crippen LogP contribution in [-0.4, -0.2) is 23.5 Å². The minimum absolute atomic E-state index is 0. The molecule has 0 unspecified atom stereocenters. The number of para-hydroxylation sites is 4. The molecule has 7 nitrogen and oxygen atoms in total. The normalized spacial score (nSPS) is 11.8. The Morgan fingerprint density at radius 1 is 0.735 bits per heavy atom. The first-order valence-electron chi connectivity index (χ1n) is 15.9. The number of imidazole rings is 3.